The van der Waals surface area contributed by atoms with Gasteiger partial charge < -0.3 is 29.0 Å². The van der Waals surface area contributed by atoms with Crippen LogP contribution in [0.25, 0.3) is 6.08 Å². The number of rotatable bonds is 11. The minimum atomic E-state index is -0.904. The number of benzene rings is 2. The Morgan fingerprint density at radius 1 is 0.939 bits per heavy atom. The van der Waals surface area contributed by atoms with Crippen LogP contribution in [0.1, 0.15) is 11.1 Å². The molecule has 9 heteroatoms. The predicted molar refractivity (Wildman–Crippen MR) is 120 cm³/mol. The van der Waals surface area contributed by atoms with Gasteiger partial charge in [0.2, 0.25) is 5.75 Å². The average Bonchev–Trinajstić information content (AvgIpc) is 2.85. The third-order valence-corrected chi connectivity index (χ3v) is 4.55. The number of carbonyl (C=O) groups is 3. The molecule has 2 rings (SSSR count). The number of hydrogen-bond donors (Lipinski definition) is 1. The van der Waals surface area contributed by atoms with Crippen molar-refractivity contribution in [3.05, 3.63) is 59.7 Å². The lowest BCUT2D eigenvalue weighted by molar-refractivity contribution is -0.147. The van der Waals surface area contributed by atoms with Gasteiger partial charge in [-0.1, -0.05) is 30.3 Å². The Balaban J connectivity index is 1.95. The van der Waals surface area contributed by atoms with E-state index in [1.807, 2.05) is 30.3 Å². The van der Waals surface area contributed by atoms with Crippen LogP contribution >= 0.6 is 0 Å². The lowest BCUT2D eigenvalue weighted by Crippen LogP contribution is -2.44. The van der Waals surface area contributed by atoms with Gasteiger partial charge in [0.1, 0.15) is 6.04 Å². The van der Waals surface area contributed by atoms with Crippen molar-refractivity contribution in [2.45, 2.75) is 12.5 Å². The quantitative estimate of drug-likeness (QED) is 0.404. The molecule has 176 valence electrons. The zero-order chi connectivity index (χ0) is 24.2. The molecule has 0 heterocycles. The fourth-order valence-corrected chi connectivity index (χ4v) is 2.97. The van der Waals surface area contributed by atoms with Gasteiger partial charge in [-0.15, -0.1) is 0 Å². The molecule has 1 unspecified atom stereocenters. The summed E-state index contributed by atoms with van der Waals surface area (Å²) in [4.78, 5) is 36.3. The molecule has 0 aliphatic carbocycles. The Morgan fingerprint density at radius 2 is 1.58 bits per heavy atom. The molecule has 1 N–H and O–H groups in total. The number of nitrogens with one attached hydrogen (secondary N) is 1. The van der Waals surface area contributed by atoms with Crippen LogP contribution in [0, 0.1) is 0 Å². The molecule has 0 saturated carbocycles. The summed E-state index contributed by atoms with van der Waals surface area (Å²) in [5.41, 5.74) is 1.44. The number of esters is 2. The van der Waals surface area contributed by atoms with Crippen LogP contribution in [0.5, 0.6) is 17.2 Å². The number of hydrogen-bond acceptors (Lipinski definition) is 8. The summed E-state index contributed by atoms with van der Waals surface area (Å²) in [6.45, 7) is -0.555. The molecule has 0 saturated heterocycles. The molecule has 1 amide bonds. The van der Waals surface area contributed by atoms with Crippen LogP contribution in [-0.4, -0.2) is 58.9 Å². The molecule has 33 heavy (non-hydrogen) atoms. The van der Waals surface area contributed by atoms with Gasteiger partial charge in [0.15, 0.2) is 18.1 Å². The maximum atomic E-state index is 12.2. The topological polar surface area (TPSA) is 109 Å². The fraction of sp³-hybridized carbons (Fsp3) is 0.292. The first-order valence-electron chi connectivity index (χ1n) is 9.97. The van der Waals surface area contributed by atoms with Gasteiger partial charge in [0.05, 0.1) is 28.4 Å². The summed E-state index contributed by atoms with van der Waals surface area (Å²) in [7, 11) is 5.69. The van der Waals surface area contributed by atoms with Gasteiger partial charge in [-0.2, -0.15) is 0 Å². The third kappa shape index (κ3) is 7.57. The molecule has 0 bridgehead atoms. The molecule has 0 spiro atoms. The zero-order valence-electron chi connectivity index (χ0n) is 19.0. The minimum absolute atomic E-state index is 0.244. The summed E-state index contributed by atoms with van der Waals surface area (Å²) in [5, 5.41) is 2.53. The maximum absolute atomic E-state index is 12.2. The Bertz CT molecular complexity index is 962. The highest BCUT2D eigenvalue weighted by atomic mass is 16.5. The van der Waals surface area contributed by atoms with E-state index in [-0.39, 0.29) is 6.42 Å². The van der Waals surface area contributed by atoms with Crippen molar-refractivity contribution < 1.29 is 38.1 Å². The van der Waals surface area contributed by atoms with E-state index in [2.05, 4.69) is 5.32 Å². The first-order chi connectivity index (χ1) is 15.9. The number of methoxy groups -OCH3 is 4. The van der Waals surface area contributed by atoms with E-state index in [9.17, 15) is 14.4 Å². The largest absolute Gasteiger partial charge is 0.493 e. The lowest BCUT2D eigenvalue weighted by Gasteiger charge is -2.16. The van der Waals surface area contributed by atoms with Gasteiger partial charge in [-0.25, -0.2) is 9.59 Å². The van der Waals surface area contributed by atoms with Gasteiger partial charge >= 0.3 is 11.9 Å². The molecule has 0 aliphatic heterocycles. The Labute approximate surface area is 192 Å². The lowest BCUT2D eigenvalue weighted by atomic mass is 10.1. The van der Waals surface area contributed by atoms with Gasteiger partial charge in [-0.3, -0.25) is 4.79 Å². The second-order valence-corrected chi connectivity index (χ2v) is 6.73. The van der Waals surface area contributed by atoms with E-state index < -0.39 is 30.5 Å². The standard InChI is InChI=1S/C24H27NO8/c1-29-19-13-17(14-20(30-2)23(19)31-3)10-11-22(27)33-15-21(26)25-18(24(28)32-4)12-16-8-6-5-7-9-16/h5-11,13-14,18H,12,15H2,1-4H3,(H,25,26)/b11-10+. The maximum Gasteiger partial charge on any atom is 0.331 e. The first kappa shape index (κ1) is 25.3. The van der Waals surface area contributed by atoms with E-state index in [1.54, 1.807) is 12.1 Å². The van der Waals surface area contributed by atoms with E-state index in [0.29, 0.717) is 22.8 Å². The van der Waals surface area contributed by atoms with Crippen LogP contribution < -0.4 is 19.5 Å². The summed E-state index contributed by atoms with van der Waals surface area (Å²) in [5.74, 6) is -0.687. The monoisotopic (exact) mass is 457 g/mol. The first-order valence-corrected chi connectivity index (χ1v) is 9.97. The molecular weight excluding hydrogens is 430 g/mol. The fourth-order valence-electron chi connectivity index (χ4n) is 2.97. The highest BCUT2D eigenvalue weighted by Gasteiger charge is 2.22. The van der Waals surface area contributed by atoms with Crippen LogP contribution in [0.15, 0.2) is 48.5 Å². The van der Waals surface area contributed by atoms with Gasteiger partial charge in [0, 0.05) is 12.5 Å². The van der Waals surface area contributed by atoms with Crippen molar-refractivity contribution in [2.75, 3.05) is 35.0 Å². The zero-order valence-corrected chi connectivity index (χ0v) is 19.0. The summed E-state index contributed by atoms with van der Waals surface area (Å²) in [6, 6.07) is 11.6. The molecule has 0 aromatic heterocycles. The normalized spacial score (nSPS) is 11.4. The number of ether oxygens (including phenoxy) is 5. The van der Waals surface area contributed by atoms with E-state index in [1.165, 1.54) is 34.5 Å². The van der Waals surface area contributed by atoms with Crippen LogP contribution in [0.3, 0.4) is 0 Å². The molecular formula is C24H27NO8. The Kier molecular flexibility index (Phi) is 9.76. The van der Waals surface area contributed by atoms with Crippen LogP contribution in [0.2, 0.25) is 0 Å². The Hall–Kier alpha value is -4.01. The second kappa shape index (κ2) is 12.7. The average molecular weight is 457 g/mol. The van der Waals surface area contributed by atoms with Crippen molar-refractivity contribution >= 4 is 23.9 Å². The van der Waals surface area contributed by atoms with Crippen LogP contribution in [-0.2, 0) is 30.3 Å². The molecule has 2 aromatic rings. The molecule has 0 fully saturated rings. The molecule has 0 aliphatic rings. The second-order valence-electron chi connectivity index (χ2n) is 6.73. The molecule has 2 aromatic carbocycles. The van der Waals surface area contributed by atoms with Crippen molar-refractivity contribution in [1.29, 1.82) is 0 Å². The van der Waals surface area contributed by atoms with E-state index >= 15 is 0 Å². The third-order valence-electron chi connectivity index (χ3n) is 4.55. The smallest absolute Gasteiger partial charge is 0.331 e. The SMILES string of the molecule is COC(=O)C(Cc1ccccc1)NC(=O)COC(=O)/C=C/c1cc(OC)c(OC)c(OC)c1. The van der Waals surface area contributed by atoms with Crippen molar-refractivity contribution in [1.82, 2.24) is 5.32 Å². The van der Waals surface area contributed by atoms with Crippen LogP contribution in [0.4, 0.5) is 0 Å². The number of amides is 1. The van der Waals surface area contributed by atoms with Crippen molar-refractivity contribution in [3.8, 4) is 17.2 Å². The highest BCUT2D eigenvalue weighted by molar-refractivity contribution is 5.90. The summed E-state index contributed by atoms with van der Waals surface area (Å²) >= 11 is 0. The van der Waals surface area contributed by atoms with Gasteiger partial charge in [0.25, 0.3) is 5.91 Å². The summed E-state index contributed by atoms with van der Waals surface area (Å²) in [6.07, 6.45) is 2.89. The predicted octanol–water partition coefficient (Wildman–Crippen LogP) is 2.17. The van der Waals surface area contributed by atoms with Crippen molar-refractivity contribution in [2.24, 2.45) is 0 Å². The van der Waals surface area contributed by atoms with E-state index in [0.717, 1.165) is 11.6 Å². The molecule has 1 atom stereocenters. The highest BCUT2D eigenvalue weighted by Crippen LogP contribution is 2.38. The Morgan fingerprint density at radius 3 is 2.12 bits per heavy atom. The number of carbonyl (C=O) groups excluding carboxylic acids is 3. The minimum Gasteiger partial charge on any atom is -0.493 e. The van der Waals surface area contributed by atoms with Gasteiger partial charge in [-0.05, 0) is 29.3 Å². The van der Waals surface area contributed by atoms with E-state index in [4.69, 9.17) is 23.7 Å². The summed E-state index contributed by atoms with van der Waals surface area (Å²) < 4.78 is 25.5. The molecule has 0 radical (unpaired) electrons. The van der Waals surface area contributed by atoms with Crippen molar-refractivity contribution in [3.63, 3.8) is 0 Å². The molecule has 9 nitrogen and oxygen atoms in total.